The molecule has 0 saturated carbocycles. The van der Waals surface area contributed by atoms with Gasteiger partial charge in [-0.25, -0.2) is 4.98 Å². The summed E-state index contributed by atoms with van der Waals surface area (Å²) in [6, 6.07) is 0. The van der Waals surface area contributed by atoms with Gasteiger partial charge in [0.25, 0.3) is 5.88 Å². The van der Waals surface area contributed by atoms with E-state index in [1.165, 1.54) is 0 Å². The second-order valence-electron chi connectivity index (χ2n) is 4.59. The first-order valence-electron chi connectivity index (χ1n) is 6.53. The molecule has 2 N–H and O–H groups in total. The molecule has 1 rings (SSSR count). The summed E-state index contributed by atoms with van der Waals surface area (Å²) in [6.07, 6.45) is 5.77. The normalized spacial score (nSPS) is 11.6. The van der Waals surface area contributed by atoms with Crippen LogP contribution in [0.5, 0.6) is 5.88 Å². The fourth-order valence-electron chi connectivity index (χ4n) is 1.61. The summed E-state index contributed by atoms with van der Waals surface area (Å²) in [6.45, 7) is 7.04. The van der Waals surface area contributed by atoms with Crippen LogP contribution in [-0.4, -0.2) is 21.7 Å². The van der Waals surface area contributed by atoms with Crippen LogP contribution in [0.4, 0.5) is 0 Å². The molecule has 0 bridgehead atoms. The summed E-state index contributed by atoms with van der Waals surface area (Å²) < 4.78 is 7.11. The largest absolute Gasteiger partial charge is 0.472 e. The Morgan fingerprint density at radius 3 is 2.61 bits per heavy atom. The third kappa shape index (κ3) is 3.57. The highest BCUT2D eigenvalue weighted by Crippen LogP contribution is 2.12. The molecular formula is C13H23N3O2. The van der Waals surface area contributed by atoms with Crippen molar-refractivity contribution in [3.63, 3.8) is 0 Å². The SMILES string of the molecule is CCCn1ccnc(OCC(N)(CC)CC)c1=O. The van der Waals surface area contributed by atoms with E-state index in [1.54, 1.807) is 17.0 Å². The van der Waals surface area contributed by atoms with Gasteiger partial charge in [0.2, 0.25) is 0 Å². The third-order valence-electron chi connectivity index (χ3n) is 3.25. The summed E-state index contributed by atoms with van der Waals surface area (Å²) in [5, 5.41) is 0. The molecular weight excluding hydrogens is 230 g/mol. The number of nitrogens with zero attached hydrogens (tertiary/aromatic N) is 2. The number of aryl methyl sites for hydroxylation is 1. The van der Waals surface area contributed by atoms with E-state index in [0.29, 0.717) is 13.2 Å². The van der Waals surface area contributed by atoms with Crippen LogP contribution in [0, 0.1) is 0 Å². The highest BCUT2D eigenvalue weighted by molar-refractivity contribution is 5.05. The van der Waals surface area contributed by atoms with E-state index in [4.69, 9.17) is 10.5 Å². The van der Waals surface area contributed by atoms with E-state index in [-0.39, 0.29) is 17.0 Å². The molecule has 1 aromatic heterocycles. The van der Waals surface area contributed by atoms with Gasteiger partial charge in [-0.1, -0.05) is 20.8 Å². The first-order chi connectivity index (χ1) is 8.56. The summed E-state index contributed by atoms with van der Waals surface area (Å²) in [7, 11) is 0. The quantitative estimate of drug-likeness (QED) is 0.800. The van der Waals surface area contributed by atoms with Gasteiger partial charge < -0.3 is 15.0 Å². The summed E-state index contributed by atoms with van der Waals surface area (Å²) >= 11 is 0. The number of nitrogens with two attached hydrogens (primary N) is 1. The topological polar surface area (TPSA) is 70.1 Å². The Balaban J connectivity index is 2.79. The van der Waals surface area contributed by atoms with Crippen LogP contribution in [0.3, 0.4) is 0 Å². The van der Waals surface area contributed by atoms with Gasteiger partial charge >= 0.3 is 5.56 Å². The van der Waals surface area contributed by atoms with Gasteiger partial charge in [-0.05, 0) is 19.3 Å². The Kier molecular flexibility index (Phi) is 5.34. The molecule has 0 aliphatic heterocycles. The molecule has 0 fully saturated rings. The molecule has 18 heavy (non-hydrogen) atoms. The van der Waals surface area contributed by atoms with Crippen LogP contribution in [0.25, 0.3) is 0 Å². The molecule has 1 heterocycles. The molecule has 1 aromatic rings. The first kappa shape index (κ1) is 14.7. The molecule has 5 nitrogen and oxygen atoms in total. The minimum atomic E-state index is -0.389. The standard InChI is InChI=1S/C13H23N3O2/c1-4-8-16-9-7-15-11(12(16)17)18-10-13(14,5-2)6-3/h7,9H,4-6,8,10,14H2,1-3H3. The molecule has 0 unspecified atom stereocenters. The van der Waals surface area contributed by atoms with Crippen molar-refractivity contribution in [2.24, 2.45) is 5.73 Å². The number of rotatable bonds is 7. The van der Waals surface area contributed by atoms with Crippen LogP contribution in [-0.2, 0) is 6.54 Å². The maximum Gasteiger partial charge on any atom is 0.313 e. The maximum atomic E-state index is 12.0. The van der Waals surface area contributed by atoms with E-state index >= 15 is 0 Å². The zero-order valence-electron chi connectivity index (χ0n) is 11.5. The van der Waals surface area contributed by atoms with Gasteiger partial charge in [-0.3, -0.25) is 4.79 Å². The molecule has 102 valence electrons. The molecule has 0 atom stereocenters. The Morgan fingerprint density at radius 2 is 2.06 bits per heavy atom. The minimum Gasteiger partial charge on any atom is -0.472 e. The van der Waals surface area contributed by atoms with Gasteiger partial charge in [0.05, 0.1) is 0 Å². The molecule has 0 saturated heterocycles. The second-order valence-corrected chi connectivity index (χ2v) is 4.59. The Morgan fingerprint density at radius 1 is 1.39 bits per heavy atom. The predicted octanol–water partition coefficient (Wildman–Crippen LogP) is 1.55. The average molecular weight is 253 g/mol. The van der Waals surface area contributed by atoms with Crippen LogP contribution >= 0.6 is 0 Å². The van der Waals surface area contributed by atoms with Crippen molar-refractivity contribution >= 4 is 0 Å². The minimum absolute atomic E-state index is 0.141. The van der Waals surface area contributed by atoms with Crippen LogP contribution in [0.15, 0.2) is 17.2 Å². The average Bonchev–Trinajstić information content (AvgIpc) is 2.39. The fourth-order valence-corrected chi connectivity index (χ4v) is 1.61. The van der Waals surface area contributed by atoms with E-state index < -0.39 is 0 Å². The van der Waals surface area contributed by atoms with Crippen molar-refractivity contribution in [2.75, 3.05) is 6.61 Å². The zero-order valence-corrected chi connectivity index (χ0v) is 11.5. The van der Waals surface area contributed by atoms with Crippen molar-refractivity contribution in [2.45, 2.75) is 52.1 Å². The van der Waals surface area contributed by atoms with Gasteiger partial charge in [0, 0.05) is 24.5 Å². The highest BCUT2D eigenvalue weighted by Gasteiger charge is 2.22. The smallest absolute Gasteiger partial charge is 0.313 e. The Hall–Kier alpha value is -1.36. The van der Waals surface area contributed by atoms with E-state index in [2.05, 4.69) is 4.98 Å². The molecule has 0 radical (unpaired) electrons. The van der Waals surface area contributed by atoms with Gasteiger partial charge in [0.15, 0.2) is 0 Å². The molecule has 0 spiro atoms. The predicted molar refractivity (Wildman–Crippen MR) is 71.8 cm³/mol. The Bertz CT molecular complexity index is 424. The van der Waals surface area contributed by atoms with Crippen molar-refractivity contribution in [3.05, 3.63) is 22.7 Å². The first-order valence-corrected chi connectivity index (χ1v) is 6.53. The lowest BCUT2D eigenvalue weighted by Gasteiger charge is -2.25. The zero-order chi connectivity index (χ0) is 13.6. The highest BCUT2D eigenvalue weighted by atomic mass is 16.5. The van der Waals surface area contributed by atoms with Crippen LogP contribution in [0.1, 0.15) is 40.0 Å². The second kappa shape index (κ2) is 6.54. The van der Waals surface area contributed by atoms with Gasteiger partial charge in [-0.2, -0.15) is 0 Å². The van der Waals surface area contributed by atoms with Crippen LogP contribution < -0.4 is 16.0 Å². The maximum absolute atomic E-state index is 12.0. The van der Waals surface area contributed by atoms with E-state index in [0.717, 1.165) is 19.3 Å². The van der Waals surface area contributed by atoms with Crippen molar-refractivity contribution in [1.82, 2.24) is 9.55 Å². The number of aromatic nitrogens is 2. The van der Waals surface area contributed by atoms with E-state index in [9.17, 15) is 4.79 Å². The van der Waals surface area contributed by atoms with Crippen LogP contribution in [0.2, 0.25) is 0 Å². The lowest BCUT2D eigenvalue weighted by atomic mass is 9.96. The number of hydrogen-bond acceptors (Lipinski definition) is 4. The van der Waals surface area contributed by atoms with Crippen molar-refractivity contribution in [1.29, 1.82) is 0 Å². The number of hydrogen-bond donors (Lipinski definition) is 1. The van der Waals surface area contributed by atoms with Gasteiger partial charge in [0.1, 0.15) is 6.61 Å². The van der Waals surface area contributed by atoms with E-state index in [1.807, 2.05) is 20.8 Å². The number of ether oxygens (including phenoxy) is 1. The molecule has 0 aliphatic rings. The lowest BCUT2D eigenvalue weighted by molar-refractivity contribution is 0.197. The summed E-state index contributed by atoms with van der Waals surface area (Å²) in [5.74, 6) is 0.141. The third-order valence-corrected chi connectivity index (χ3v) is 3.25. The molecule has 0 aromatic carbocycles. The van der Waals surface area contributed by atoms with Crippen molar-refractivity contribution < 1.29 is 4.74 Å². The van der Waals surface area contributed by atoms with Gasteiger partial charge in [-0.15, -0.1) is 0 Å². The lowest BCUT2D eigenvalue weighted by Crippen LogP contribution is -2.45. The van der Waals surface area contributed by atoms with Crippen molar-refractivity contribution in [3.8, 4) is 5.88 Å². The monoisotopic (exact) mass is 253 g/mol. The Labute approximate surface area is 108 Å². The summed E-state index contributed by atoms with van der Waals surface area (Å²) in [5.41, 5.74) is 5.55. The summed E-state index contributed by atoms with van der Waals surface area (Å²) in [4.78, 5) is 16.0. The fraction of sp³-hybridized carbons (Fsp3) is 0.692. The molecule has 0 aliphatic carbocycles. The molecule has 0 amide bonds. The molecule has 5 heteroatoms.